The fraction of sp³-hybridized carbons (Fsp3) is 1.00. The van der Waals surface area contributed by atoms with E-state index in [2.05, 4.69) is 5.32 Å². The van der Waals surface area contributed by atoms with Crippen LogP contribution in [0.1, 0.15) is 57.8 Å². The summed E-state index contributed by atoms with van der Waals surface area (Å²) in [6, 6.07) is 0.271. The Kier molecular flexibility index (Phi) is 5.71. The first-order valence-corrected chi connectivity index (χ1v) is 10.3. The Bertz CT molecular complexity index is 429. The quantitative estimate of drug-likeness (QED) is 0.846. The van der Waals surface area contributed by atoms with Gasteiger partial charge in [0.05, 0.1) is 10.9 Å². The van der Waals surface area contributed by atoms with Gasteiger partial charge in [0.25, 0.3) is 0 Å². The molecular formula is C16H31NO3S. The predicted octanol–water partition coefficient (Wildman–Crippen LogP) is 2.53. The average Bonchev–Trinajstić information content (AvgIpc) is 2.48. The Hall–Kier alpha value is -0.130. The van der Waals surface area contributed by atoms with Crippen LogP contribution in [-0.2, 0) is 14.6 Å². The molecule has 21 heavy (non-hydrogen) atoms. The number of hydrogen-bond donors (Lipinski definition) is 1. The zero-order valence-electron chi connectivity index (χ0n) is 13.7. The standard InChI is InChI=1S/C16H31NO3S/c1-17-15(16(20-2)10-5-4-6-11-16)13-8-7-9-14(12-13)21(3,18)19/h13-15,17H,4-12H2,1-3H3. The maximum absolute atomic E-state index is 11.9. The molecule has 0 heterocycles. The molecule has 3 atom stereocenters. The molecule has 2 aliphatic rings. The first-order chi connectivity index (χ1) is 9.93. The molecule has 2 saturated carbocycles. The van der Waals surface area contributed by atoms with Gasteiger partial charge in [-0.15, -0.1) is 0 Å². The van der Waals surface area contributed by atoms with Crippen molar-refractivity contribution in [1.82, 2.24) is 5.32 Å². The zero-order chi connectivity index (χ0) is 15.5. The second kappa shape index (κ2) is 6.97. The highest BCUT2D eigenvalue weighted by Crippen LogP contribution is 2.41. The Labute approximate surface area is 129 Å². The third kappa shape index (κ3) is 3.80. The zero-order valence-corrected chi connectivity index (χ0v) is 14.5. The summed E-state index contributed by atoms with van der Waals surface area (Å²) in [4.78, 5) is 0. The molecular weight excluding hydrogens is 286 g/mol. The van der Waals surface area contributed by atoms with Crippen LogP contribution >= 0.6 is 0 Å². The van der Waals surface area contributed by atoms with Crippen LogP contribution in [0.3, 0.4) is 0 Å². The molecule has 0 amide bonds. The molecule has 1 N–H and O–H groups in total. The third-order valence-electron chi connectivity index (χ3n) is 5.73. The van der Waals surface area contributed by atoms with Crippen LogP contribution in [-0.4, -0.2) is 45.7 Å². The molecule has 0 bridgehead atoms. The predicted molar refractivity (Wildman–Crippen MR) is 86.3 cm³/mol. The Morgan fingerprint density at radius 3 is 2.33 bits per heavy atom. The molecule has 3 unspecified atom stereocenters. The highest BCUT2D eigenvalue weighted by Gasteiger charge is 2.45. The molecule has 4 nitrogen and oxygen atoms in total. The van der Waals surface area contributed by atoms with Crippen molar-refractivity contribution < 1.29 is 13.2 Å². The van der Waals surface area contributed by atoms with Gasteiger partial charge in [0, 0.05) is 19.4 Å². The fourth-order valence-electron chi connectivity index (χ4n) is 4.59. The van der Waals surface area contributed by atoms with Gasteiger partial charge in [-0.05, 0) is 45.1 Å². The van der Waals surface area contributed by atoms with Gasteiger partial charge in [0.1, 0.15) is 9.84 Å². The summed E-state index contributed by atoms with van der Waals surface area (Å²) >= 11 is 0. The molecule has 0 spiro atoms. The monoisotopic (exact) mass is 317 g/mol. The van der Waals surface area contributed by atoms with Gasteiger partial charge < -0.3 is 10.1 Å². The van der Waals surface area contributed by atoms with Crippen LogP contribution < -0.4 is 5.32 Å². The Balaban J connectivity index is 2.16. The van der Waals surface area contributed by atoms with E-state index in [0.717, 1.165) is 38.5 Å². The number of rotatable bonds is 5. The van der Waals surface area contributed by atoms with E-state index in [9.17, 15) is 8.42 Å². The Morgan fingerprint density at radius 1 is 1.14 bits per heavy atom. The largest absolute Gasteiger partial charge is 0.377 e. The van der Waals surface area contributed by atoms with E-state index in [1.807, 2.05) is 14.2 Å². The van der Waals surface area contributed by atoms with Crippen molar-refractivity contribution in [1.29, 1.82) is 0 Å². The first kappa shape index (κ1) is 17.2. The van der Waals surface area contributed by atoms with E-state index in [1.54, 1.807) is 0 Å². The minimum absolute atomic E-state index is 0.100. The maximum Gasteiger partial charge on any atom is 0.150 e. The summed E-state index contributed by atoms with van der Waals surface area (Å²) in [6.45, 7) is 0. The summed E-state index contributed by atoms with van der Waals surface area (Å²) < 4.78 is 29.8. The number of nitrogens with one attached hydrogen (secondary N) is 1. The van der Waals surface area contributed by atoms with Gasteiger partial charge in [-0.25, -0.2) is 8.42 Å². The molecule has 0 radical (unpaired) electrons. The summed E-state index contributed by atoms with van der Waals surface area (Å²) in [5, 5.41) is 3.32. The van der Waals surface area contributed by atoms with Crippen LogP contribution in [0.15, 0.2) is 0 Å². The smallest absolute Gasteiger partial charge is 0.150 e. The number of sulfone groups is 1. The van der Waals surface area contributed by atoms with E-state index in [4.69, 9.17) is 4.74 Å². The maximum atomic E-state index is 11.9. The van der Waals surface area contributed by atoms with E-state index >= 15 is 0 Å². The second-order valence-corrected chi connectivity index (χ2v) is 9.30. The van der Waals surface area contributed by atoms with Gasteiger partial charge in [-0.3, -0.25) is 0 Å². The fourth-order valence-corrected chi connectivity index (χ4v) is 5.78. The van der Waals surface area contributed by atoms with Crippen molar-refractivity contribution in [3.8, 4) is 0 Å². The summed E-state index contributed by atoms with van der Waals surface area (Å²) in [5.74, 6) is 0.404. The van der Waals surface area contributed by atoms with Gasteiger partial charge in [0.15, 0.2) is 0 Å². The lowest BCUT2D eigenvalue weighted by Crippen LogP contribution is -2.57. The highest BCUT2D eigenvalue weighted by molar-refractivity contribution is 7.91. The van der Waals surface area contributed by atoms with Crippen LogP contribution in [0.25, 0.3) is 0 Å². The average molecular weight is 317 g/mol. The lowest BCUT2D eigenvalue weighted by Gasteiger charge is -2.47. The molecule has 0 aliphatic heterocycles. The molecule has 0 aromatic rings. The van der Waals surface area contributed by atoms with Crippen molar-refractivity contribution in [3.63, 3.8) is 0 Å². The molecule has 124 valence electrons. The Morgan fingerprint density at radius 2 is 1.81 bits per heavy atom. The SMILES string of the molecule is CNC(C1CCCC(S(C)(=O)=O)C1)C1(OC)CCCCC1. The number of methoxy groups -OCH3 is 1. The van der Waals surface area contributed by atoms with Crippen molar-refractivity contribution in [2.75, 3.05) is 20.4 Å². The molecule has 2 aliphatic carbocycles. The topological polar surface area (TPSA) is 55.4 Å². The minimum Gasteiger partial charge on any atom is -0.377 e. The summed E-state index contributed by atoms with van der Waals surface area (Å²) in [5.41, 5.74) is -0.100. The number of hydrogen-bond acceptors (Lipinski definition) is 4. The molecule has 2 rings (SSSR count). The van der Waals surface area contributed by atoms with Crippen LogP contribution in [0, 0.1) is 5.92 Å². The van der Waals surface area contributed by atoms with E-state index < -0.39 is 9.84 Å². The van der Waals surface area contributed by atoms with E-state index in [-0.39, 0.29) is 16.9 Å². The van der Waals surface area contributed by atoms with Crippen molar-refractivity contribution in [2.24, 2.45) is 5.92 Å². The van der Waals surface area contributed by atoms with Gasteiger partial charge in [0.2, 0.25) is 0 Å². The second-order valence-electron chi connectivity index (χ2n) is 6.97. The van der Waals surface area contributed by atoms with Crippen molar-refractivity contribution in [3.05, 3.63) is 0 Å². The van der Waals surface area contributed by atoms with Gasteiger partial charge in [-0.2, -0.15) is 0 Å². The van der Waals surface area contributed by atoms with Crippen LogP contribution in [0.2, 0.25) is 0 Å². The van der Waals surface area contributed by atoms with E-state index in [1.165, 1.54) is 25.5 Å². The molecule has 2 fully saturated rings. The highest BCUT2D eigenvalue weighted by atomic mass is 32.2. The van der Waals surface area contributed by atoms with Crippen LogP contribution in [0.4, 0.5) is 0 Å². The van der Waals surface area contributed by atoms with E-state index in [0.29, 0.717) is 5.92 Å². The summed E-state index contributed by atoms with van der Waals surface area (Å²) in [7, 11) is 0.904. The van der Waals surface area contributed by atoms with Gasteiger partial charge in [-0.1, -0.05) is 25.7 Å². The molecule has 5 heteroatoms. The van der Waals surface area contributed by atoms with Crippen molar-refractivity contribution in [2.45, 2.75) is 74.7 Å². The first-order valence-electron chi connectivity index (χ1n) is 8.34. The molecule has 0 saturated heterocycles. The molecule has 0 aromatic heterocycles. The minimum atomic E-state index is -2.93. The van der Waals surface area contributed by atoms with Crippen molar-refractivity contribution >= 4 is 9.84 Å². The van der Waals surface area contributed by atoms with Crippen LogP contribution in [0.5, 0.6) is 0 Å². The summed E-state index contributed by atoms with van der Waals surface area (Å²) in [6.07, 6.45) is 11.0. The number of ether oxygens (including phenoxy) is 1. The lowest BCUT2D eigenvalue weighted by atomic mass is 9.70. The molecule has 0 aromatic carbocycles. The normalized spacial score (nSPS) is 31.8. The number of likely N-dealkylation sites (N-methyl/N-ethyl adjacent to an activating group) is 1. The third-order valence-corrected chi connectivity index (χ3v) is 7.37. The van der Waals surface area contributed by atoms with Gasteiger partial charge >= 0.3 is 0 Å². The lowest BCUT2D eigenvalue weighted by molar-refractivity contribution is -0.0832.